The molecule has 2 rings (SSSR count). The molecule has 0 aliphatic carbocycles. The van der Waals surface area contributed by atoms with Crippen LogP contribution in [0.3, 0.4) is 0 Å². The zero-order valence-corrected chi connectivity index (χ0v) is 17.9. The number of halogens is 2. The van der Waals surface area contributed by atoms with E-state index in [2.05, 4.69) is 49.6 Å². The van der Waals surface area contributed by atoms with Crippen molar-refractivity contribution in [3.8, 4) is 11.5 Å². The second-order valence-electron chi connectivity index (χ2n) is 5.59. The van der Waals surface area contributed by atoms with Gasteiger partial charge in [-0.2, -0.15) is 0 Å². The van der Waals surface area contributed by atoms with Crippen molar-refractivity contribution in [2.75, 3.05) is 13.2 Å². The highest BCUT2D eigenvalue weighted by atomic mass is 79.9. The molecule has 0 saturated carbocycles. The van der Waals surface area contributed by atoms with Gasteiger partial charge in [-0.25, -0.2) is 0 Å². The number of nitrogens with one attached hydrogen (secondary N) is 2. The molecule has 0 spiro atoms. The summed E-state index contributed by atoms with van der Waals surface area (Å²) in [4.78, 5) is 24.3. The molecule has 0 saturated heterocycles. The SMILES string of the molecule is CCCCOc1ccc(Br)cc1C(=O)NNC(=O)COc1ccc(Br)cc1. The number of hydrazine groups is 1. The minimum absolute atomic E-state index is 0.222. The molecule has 6 nitrogen and oxygen atoms in total. The van der Waals surface area contributed by atoms with Gasteiger partial charge in [-0.3, -0.25) is 20.4 Å². The van der Waals surface area contributed by atoms with Crippen LogP contribution in [0.15, 0.2) is 51.4 Å². The molecule has 0 aliphatic heterocycles. The number of unbranched alkanes of at least 4 members (excludes halogenated alkanes) is 1. The lowest BCUT2D eigenvalue weighted by Gasteiger charge is -2.13. The van der Waals surface area contributed by atoms with E-state index in [1.54, 1.807) is 30.3 Å². The molecule has 0 aliphatic rings. The molecule has 0 radical (unpaired) electrons. The third kappa shape index (κ3) is 7.22. The van der Waals surface area contributed by atoms with Crippen LogP contribution in [0.5, 0.6) is 11.5 Å². The maximum Gasteiger partial charge on any atom is 0.276 e. The standard InChI is InChI=1S/C19H20Br2N2O4/c1-2-3-10-26-17-9-6-14(21)11-16(17)19(25)23-22-18(24)12-27-15-7-4-13(20)5-8-15/h4-9,11H,2-3,10,12H2,1H3,(H,22,24)(H,23,25). The summed E-state index contributed by atoms with van der Waals surface area (Å²) in [5, 5.41) is 0. The average molecular weight is 500 g/mol. The monoisotopic (exact) mass is 498 g/mol. The average Bonchev–Trinajstić information content (AvgIpc) is 2.67. The Kier molecular flexibility index (Phi) is 8.60. The molecular weight excluding hydrogens is 480 g/mol. The first-order chi connectivity index (χ1) is 13.0. The molecule has 0 atom stereocenters. The number of carbonyl (C=O) groups excluding carboxylic acids is 2. The summed E-state index contributed by atoms with van der Waals surface area (Å²) in [5.41, 5.74) is 5.04. The fourth-order valence-electron chi connectivity index (χ4n) is 2.04. The van der Waals surface area contributed by atoms with Crippen LogP contribution >= 0.6 is 31.9 Å². The minimum atomic E-state index is -0.477. The lowest BCUT2D eigenvalue weighted by atomic mass is 10.2. The van der Waals surface area contributed by atoms with Crippen LogP contribution in [-0.2, 0) is 4.79 Å². The van der Waals surface area contributed by atoms with E-state index >= 15 is 0 Å². The third-order valence-electron chi connectivity index (χ3n) is 3.44. The van der Waals surface area contributed by atoms with Crippen molar-refractivity contribution in [1.29, 1.82) is 0 Å². The number of hydrogen-bond donors (Lipinski definition) is 2. The van der Waals surface area contributed by atoms with Crippen LogP contribution in [0.1, 0.15) is 30.1 Å². The highest BCUT2D eigenvalue weighted by Gasteiger charge is 2.14. The predicted octanol–water partition coefficient (Wildman–Crippen LogP) is 4.23. The Morgan fingerprint density at radius 1 is 0.963 bits per heavy atom. The molecule has 144 valence electrons. The van der Waals surface area contributed by atoms with Crippen molar-refractivity contribution >= 4 is 43.7 Å². The largest absolute Gasteiger partial charge is 0.493 e. The Hall–Kier alpha value is -2.06. The zero-order chi connectivity index (χ0) is 19.6. The number of carbonyl (C=O) groups is 2. The number of rotatable bonds is 8. The molecule has 0 bridgehead atoms. The van der Waals surface area contributed by atoms with Gasteiger partial charge in [-0.1, -0.05) is 45.2 Å². The molecular formula is C19H20Br2N2O4. The van der Waals surface area contributed by atoms with E-state index in [1.807, 2.05) is 12.1 Å². The second kappa shape index (κ2) is 10.9. The van der Waals surface area contributed by atoms with E-state index in [-0.39, 0.29) is 6.61 Å². The quantitative estimate of drug-likeness (QED) is 0.421. The van der Waals surface area contributed by atoms with Crippen LogP contribution in [0.4, 0.5) is 0 Å². The summed E-state index contributed by atoms with van der Waals surface area (Å²) in [6.07, 6.45) is 1.88. The number of benzene rings is 2. The molecule has 2 aromatic rings. The summed E-state index contributed by atoms with van der Waals surface area (Å²) < 4.78 is 12.7. The van der Waals surface area contributed by atoms with Crippen molar-refractivity contribution in [2.24, 2.45) is 0 Å². The van der Waals surface area contributed by atoms with E-state index < -0.39 is 11.8 Å². The summed E-state index contributed by atoms with van der Waals surface area (Å²) >= 11 is 6.66. The maximum atomic E-state index is 12.4. The molecule has 2 amide bonds. The summed E-state index contributed by atoms with van der Waals surface area (Å²) in [6.45, 7) is 2.36. The smallest absolute Gasteiger partial charge is 0.276 e. The number of amides is 2. The van der Waals surface area contributed by atoms with Crippen molar-refractivity contribution in [1.82, 2.24) is 10.9 Å². The van der Waals surface area contributed by atoms with Crippen molar-refractivity contribution in [2.45, 2.75) is 19.8 Å². The Bertz CT molecular complexity index is 782. The van der Waals surface area contributed by atoms with E-state index in [9.17, 15) is 9.59 Å². The van der Waals surface area contributed by atoms with Crippen LogP contribution in [0.2, 0.25) is 0 Å². The van der Waals surface area contributed by atoms with Crippen molar-refractivity contribution < 1.29 is 19.1 Å². The first-order valence-electron chi connectivity index (χ1n) is 8.39. The summed E-state index contributed by atoms with van der Waals surface area (Å²) in [6, 6.07) is 12.2. The first kappa shape index (κ1) is 21.2. The molecule has 27 heavy (non-hydrogen) atoms. The van der Waals surface area contributed by atoms with Gasteiger partial charge in [0.05, 0.1) is 12.2 Å². The normalized spacial score (nSPS) is 10.2. The van der Waals surface area contributed by atoms with Gasteiger partial charge in [-0.15, -0.1) is 0 Å². The van der Waals surface area contributed by atoms with E-state index in [4.69, 9.17) is 9.47 Å². The van der Waals surface area contributed by atoms with Crippen LogP contribution < -0.4 is 20.3 Å². The highest BCUT2D eigenvalue weighted by molar-refractivity contribution is 9.10. The summed E-state index contributed by atoms with van der Waals surface area (Å²) in [5.74, 6) is 0.0669. The fraction of sp³-hybridized carbons (Fsp3) is 0.263. The van der Waals surface area contributed by atoms with E-state index in [1.165, 1.54) is 0 Å². The van der Waals surface area contributed by atoms with E-state index in [0.717, 1.165) is 21.8 Å². The lowest BCUT2D eigenvalue weighted by molar-refractivity contribution is -0.123. The van der Waals surface area contributed by atoms with Gasteiger partial charge in [0.25, 0.3) is 11.8 Å². The van der Waals surface area contributed by atoms with Gasteiger partial charge < -0.3 is 9.47 Å². The van der Waals surface area contributed by atoms with Gasteiger partial charge in [-0.05, 0) is 48.9 Å². The Morgan fingerprint density at radius 3 is 2.37 bits per heavy atom. The first-order valence-corrected chi connectivity index (χ1v) is 9.98. The minimum Gasteiger partial charge on any atom is -0.493 e. The van der Waals surface area contributed by atoms with Crippen LogP contribution in [0.25, 0.3) is 0 Å². The molecule has 0 heterocycles. The van der Waals surface area contributed by atoms with Gasteiger partial charge >= 0.3 is 0 Å². The fourth-order valence-corrected chi connectivity index (χ4v) is 2.67. The molecule has 0 unspecified atom stereocenters. The molecule has 0 fully saturated rings. The van der Waals surface area contributed by atoms with Crippen LogP contribution in [-0.4, -0.2) is 25.0 Å². The molecule has 2 N–H and O–H groups in total. The van der Waals surface area contributed by atoms with Crippen LogP contribution in [0, 0.1) is 0 Å². The highest BCUT2D eigenvalue weighted by Crippen LogP contribution is 2.23. The second-order valence-corrected chi connectivity index (χ2v) is 7.42. The van der Waals surface area contributed by atoms with Gasteiger partial charge in [0.1, 0.15) is 11.5 Å². The van der Waals surface area contributed by atoms with E-state index in [0.29, 0.717) is 23.7 Å². The topological polar surface area (TPSA) is 76.7 Å². The maximum absolute atomic E-state index is 12.4. The third-order valence-corrected chi connectivity index (χ3v) is 4.46. The predicted molar refractivity (Wildman–Crippen MR) is 110 cm³/mol. The molecule has 2 aromatic carbocycles. The van der Waals surface area contributed by atoms with Gasteiger partial charge in [0, 0.05) is 8.95 Å². The Labute approximate surface area is 174 Å². The Balaban J connectivity index is 1.87. The van der Waals surface area contributed by atoms with Crippen molar-refractivity contribution in [3.63, 3.8) is 0 Å². The zero-order valence-electron chi connectivity index (χ0n) is 14.8. The number of ether oxygens (including phenoxy) is 2. The van der Waals surface area contributed by atoms with Crippen molar-refractivity contribution in [3.05, 3.63) is 57.0 Å². The molecule has 0 aromatic heterocycles. The Morgan fingerprint density at radius 2 is 1.67 bits per heavy atom. The van der Waals surface area contributed by atoms with Gasteiger partial charge in [0.15, 0.2) is 6.61 Å². The number of hydrogen-bond acceptors (Lipinski definition) is 4. The molecule has 8 heteroatoms. The lowest BCUT2D eigenvalue weighted by Crippen LogP contribution is -2.44. The summed E-state index contributed by atoms with van der Waals surface area (Å²) in [7, 11) is 0. The van der Waals surface area contributed by atoms with Gasteiger partial charge in [0.2, 0.25) is 0 Å².